The van der Waals surface area contributed by atoms with E-state index in [-0.39, 0.29) is 17.6 Å². The molecule has 0 bridgehead atoms. The molecule has 0 aliphatic carbocycles. The van der Waals surface area contributed by atoms with Crippen LogP contribution < -0.4 is 5.32 Å². The number of aliphatic carboxylic acids is 1. The van der Waals surface area contributed by atoms with Crippen LogP contribution in [-0.2, 0) is 27.2 Å². The first-order valence-corrected chi connectivity index (χ1v) is 14.0. The Morgan fingerprint density at radius 1 is 0.923 bits per heavy atom. The Bertz CT molecular complexity index is 1360. The van der Waals surface area contributed by atoms with Gasteiger partial charge in [0.2, 0.25) is 16.9 Å². The minimum Gasteiger partial charge on any atom is -0.480 e. The van der Waals surface area contributed by atoms with Crippen molar-refractivity contribution in [2.45, 2.75) is 55.5 Å². The van der Waals surface area contributed by atoms with Crippen molar-refractivity contribution in [2.24, 2.45) is 0 Å². The molecule has 2 aliphatic rings. The number of carbonyl (C=O) groups is 4. The summed E-state index contributed by atoms with van der Waals surface area (Å²) in [5, 5.41) is 11.9. The molecule has 8 heteroatoms. The van der Waals surface area contributed by atoms with E-state index in [2.05, 4.69) is 5.32 Å². The van der Waals surface area contributed by atoms with Gasteiger partial charge in [-0.05, 0) is 42.4 Å². The number of thioether (sulfide) groups is 1. The van der Waals surface area contributed by atoms with Crippen molar-refractivity contribution in [3.05, 3.63) is 107 Å². The topological polar surface area (TPSA) is 104 Å². The molecule has 4 atom stereocenters. The van der Waals surface area contributed by atoms with Crippen LogP contribution in [-0.4, -0.2) is 50.2 Å². The Labute approximate surface area is 231 Å². The van der Waals surface area contributed by atoms with Crippen LogP contribution in [0.3, 0.4) is 0 Å². The fraction of sp³-hybridized carbons (Fsp3) is 0.290. The second kappa shape index (κ2) is 11.9. The molecule has 1 saturated heterocycles. The molecule has 0 aromatic heterocycles. The molecule has 200 valence electrons. The smallest absolute Gasteiger partial charge is 0.326 e. The second-order valence-corrected chi connectivity index (χ2v) is 11.1. The fourth-order valence-corrected chi connectivity index (χ4v) is 6.53. The van der Waals surface area contributed by atoms with Crippen LogP contribution in [0.2, 0.25) is 0 Å². The zero-order valence-electron chi connectivity index (χ0n) is 21.4. The van der Waals surface area contributed by atoms with Gasteiger partial charge in [-0.3, -0.25) is 14.4 Å². The zero-order chi connectivity index (χ0) is 27.4. The largest absolute Gasteiger partial charge is 0.480 e. The fourth-order valence-electron chi connectivity index (χ4n) is 5.55. The van der Waals surface area contributed by atoms with Gasteiger partial charge in [-0.15, -0.1) is 0 Å². The molecule has 5 rings (SSSR count). The van der Waals surface area contributed by atoms with E-state index < -0.39 is 35.1 Å². The molecule has 2 N–H and O–H groups in total. The molecule has 0 saturated carbocycles. The zero-order valence-corrected chi connectivity index (χ0v) is 22.2. The second-order valence-electron chi connectivity index (χ2n) is 9.96. The number of carbonyl (C=O) groups excluding carboxylic acids is 3. The highest BCUT2D eigenvalue weighted by Crippen LogP contribution is 2.39. The van der Waals surface area contributed by atoms with Crippen molar-refractivity contribution >= 4 is 34.7 Å². The molecule has 3 aromatic rings. The maximum atomic E-state index is 13.9. The van der Waals surface area contributed by atoms with E-state index in [4.69, 9.17) is 0 Å². The molecule has 3 aromatic carbocycles. The molecular weight excluding hydrogens is 512 g/mol. The number of carboxylic acids is 1. The lowest BCUT2D eigenvalue weighted by Gasteiger charge is -2.40. The highest BCUT2D eigenvalue weighted by Gasteiger charge is 2.45. The Kier molecular flexibility index (Phi) is 8.12. The lowest BCUT2D eigenvalue weighted by atomic mass is 9.89. The van der Waals surface area contributed by atoms with Gasteiger partial charge in [-0.25, -0.2) is 4.79 Å². The number of piperidine rings is 1. The van der Waals surface area contributed by atoms with Crippen LogP contribution in [0, 0.1) is 0 Å². The molecule has 2 heterocycles. The van der Waals surface area contributed by atoms with Crippen molar-refractivity contribution in [1.82, 2.24) is 10.2 Å². The van der Waals surface area contributed by atoms with Crippen molar-refractivity contribution in [1.29, 1.82) is 0 Å². The maximum Gasteiger partial charge on any atom is 0.326 e. The van der Waals surface area contributed by atoms with E-state index >= 15 is 0 Å². The molecule has 3 unspecified atom stereocenters. The minimum absolute atomic E-state index is 0.230. The summed E-state index contributed by atoms with van der Waals surface area (Å²) in [5.74, 6) is -1.86. The predicted molar refractivity (Wildman–Crippen MR) is 149 cm³/mol. The molecule has 39 heavy (non-hydrogen) atoms. The Hall–Kier alpha value is -3.91. The van der Waals surface area contributed by atoms with E-state index in [1.807, 2.05) is 60.7 Å². The molecule has 0 spiro atoms. The van der Waals surface area contributed by atoms with Crippen LogP contribution >= 0.6 is 11.8 Å². The average Bonchev–Trinajstić information content (AvgIpc) is 3.08. The van der Waals surface area contributed by atoms with Crippen LogP contribution in [0.1, 0.15) is 52.4 Å². The third-order valence-corrected chi connectivity index (χ3v) is 8.55. The number of amides is 2. The number of nitrogens with one attached hydrogen (secondary N) is 1. The minimum atomic E-state index is -1.04. The highest BCUT2D eigenvalue weighted by atomic mass is 32.2. The van der Waals surface area contributed by atoms with Crippen LogP contribution in [0.4, 0.5) is 0 Å². The molecule has 1 fully saturated rings. The number of fused-ring (bicyclic) bond motifs is 3. The van der Waals surface area contributed by atoms with Gasteiger partial charge in [0, 0.05) is 12.0 Å². The summed E-state index contributed by atoms with van der Waals surface area (Å²) in [6.07, 6.45) is 2.31. The number of nitrogens with zero attached hydrogens (tertiary/aromatic N) is 1. The van der Waals surface area contributed by atoms with E-state index in [1.54, 1.807) is 24.3 Å². The van der Waals surface area contributed by atoms with Crippen LogP contribution in [0.5, 0.6) is 0 Å². The van der Waals surface area contributed by atoms with E-state index in [1.165, 1.54) is 4.90 Å². The summed E-state index contributed by atoms with van der Waals surface area (Å²) in [6, 6.07) is 23.7. The summed E-state index contributed by atoms with van der Waals surface area (Å²) in [6.45, 7) is 0. The van der Waals surface area contributed by atoms with E-state index in [0.717, 1.165) is 28.5 Å². The van der Waals surface area contributed by atoms with E-state index in [0.29, 0.717) is 31.2 Å². The van der Waals surface area contributed by atoms with Gasteiger partial charge in [-0.2, -0.15) is 0 Å². The van der Waals surface area contributed by atoms with Gasteiger partial charge in [0.15, 0.2) is 0 Å². The van der Waals surface area contributed by atoms with Gasteiger partial charge in [-0.1, -0.05) is 96.7 Å². The quantitative estimate of drug-likeness (QED) is 0.458. The summed E-state index contributed by atoms with van der Waals surface area (Å²) < 4.78 is 0. The highest BCUT2D eigenvalue weighted by molar-refractivity contribution is 8.15. The van der Waals surface area contributed by atoms with Crippen LogP contribution in [0.25, 0.3) is 0 Å². The van der Waals surface area contributed by atoms with Crippen molar-refractivity contribution in [3.63, 3.8) is 0 Å². The third-order valence-electron chi connectivity index (χ3n) is 7.43. The van der Waals surface area contributed by atoms with Gasteiger partial charge < -0.3 is 15.3 Å². The molecule has 0 radical (unpaired) electrons. The molecule has 2 aliphatic heterocycles. The standard InChI is InChI=1S/C31H30N2O5S/c34-28(27(18-20-10-3-1-4-11-20)39-31(38)21-12-5-2-6-13-21)32-24-19-22-14-7-8-15-23(22)25-16-9-17-26(30(36)37)33(25)29(24)35/h1-8,10-15,24-27H,9,16-19H2,(H,32,34)(H,36,37)/t24?,25?,26?,27-/m0/s1. The average molecular weight is 543 g/mol. The summed E-state index contributed by atoms with van der Waals surface area (Å²) in [7, 11) is 0. The first-order chi connectivity index (χ1) is 18.9. The number of rotatable bonds is 7. The third kappa shape index (κ3) is 5.91. The predicted octanol–water partition coefficient (Wildman–Crippen LogP) is 4.42. The van der Waals surface area contributed by atoms with Crippen LogP contribution in [0.15, 0.2) is 84.9 Å². The molecule has 2 amide bonds. The SMILES string of the molecule is O=C(S[C@@H](Cc1ccccc1)C(=O)NC1Cc2ccccc2C2CCCC(C(=O)O)N2C1=O)c1ccccc1. The Balaban J connectivity index is 1.43. The Morgan fingerprint density at radius 2 is 1.59 bits per heavy atom. The van der Waals surface area contributed by atoms with E-state index in [9.17, 15) is 24.3 Å². The monoisotopic (exact) mass is 542 g/mol. The van der Waals surface area contributed by atoms with Gasteiger partial charge in [0.1, 0.15) is 12.1 Å². The van der Waals surface area contributed by atoms with Crippen molar-refractivity contribution in [2.75, 3.05) is 0 Å². The lowest BCUT2D eigenvalue weighted by molar-refractivity contribution is -0.156. The first-order valence-electron chi connectivity index (χ1n) is 13.2. The van der Waals surface area contributed by atoms with Gasteiger partial charge >= 0.3 is 5.97 Å². The summed E-state index contributed by atoms with van der Waals surface area (Å²) >= 11 is 0.940. The van der Waals surface area contributed by atoms with Crippen molar-refractivity contribution in [3.8, 4) is 0 Å². The maximum absolute atomic E-state index is 13.9. The Morgan fingerprint density at radius 3 is 2.31 bits per heavy atom. The normalized spacial score (nSPS) is 21.2. The number of carboxylic acid groups (broad SMARTS) is 1. The first kappa shape index (κ1) is 26.7. The summed E-state index contributed by atoms with van der Waals surface area (Å²) in [4.78, 5) is 54.3. The lowest BCUT2D eigenvalue weighted by Crippen LogP contribution is -2.56. The molecule has 7 nitrogen and oxygen atoms in total. The van der Waals surface area contributed by atoms with Gasteiger partial charge in [0.05, 0.1) is 11.3 Å². The van der Waals surface area contributed by atoms with Crippen molar-refractivity contribution < 1.29 is 24.3 Å². The van der Waals surface area contributed by atoms with Gasteiger partial charge in [0.25, 0.3) is 0 Å². The number of hydrogen-bond acceptors (Lipinski definition) is 5. The molecular formula is C31H30N2O5S. The summed E-state index contributed by atoms with van der Waals surface area (Å²) in [5.41, 5.74) is 3.24. The number of hydrogen-bond donors (Lipinski definition) is 2. The number of benzene rings is 3.